The highest BCUT2D eigenvalue weighted by atomic mass is 16.1. The highest BCUT2D eigenvalue weighted by molar-refractivity contribution is 5.80. The first kappa shape index (κ1) is 16.4. The van der Waals surface area contributed by atoms with E-state index < -0.39 is 0 Å². The molecule has 0 N–H and O–H groups in total. The first-order valence-electron chi connectivity index (χ1n) is 6.81. The number of carbonyl (C=O) groups excluding carboxylic acids is 1. The van der Waals surface area contributed by atoms with Crippen molar-refractivity contribution < 1.29 is 4.79 Å². The molecule has 18 heavy (non-hydrogen) atoms. The van der Waals surface area contributed by atoms with Crippen molar-refractivity contribution in [3.63, 3.8) is 0 Å². The molecule has 2 nitrogen and oxygen atoms in total. The third-order valence-electron chi connectivity index (χ3n) is 2.38. The summed E-state index contributed by atoms with van der Waals surface area (Å²) in [6, 6.07) is 10.3. The van der Waals surface area contributed by atoms with Crippen LogP contribution in [0.15, 0.2) is 36.5 Å². The molecule has 2 aromatic rings. The van der Waals surface area contributed by atoms with Crippen molar-refractivity contribution in [2.75, 3.05) is 0 Å². The molecule has 0 atom stereocenters. The van der Waals surface area contributed by atoms with Crippen molar-refractivity contribution in [2.45, 2.75) is 47.6 Å². The second-order valence-corrected chi connectivity index (χ2v) is 3.52. The number of aryl methyl sites for hydroxylation is 1. The Kier molecular flexibility index (Phi) is 8.63. The molecule has 0 spiro atoms. The predicted molar refractivity (Wildman–Crippen MR) is 79.9 cm³/mol. The molecular formula is C16H25NO. The van der Waals surface area contributed by atoms with E-state index in [1.165, 1.54) is 10.9 Å². The number of fused-ring (bicyclic) bond motifs is 1. The lowest BCUT2D eigenvalue weighted by Crippen LogP contribution is -2.00. The largest absolute Gasteiger partial charge is 0.347 e. The van der Waals surface area contributed by atoms with Gasteiger partial charge in [-0.3, -0.25) is 4.79 Å². The van der Waals surface area contributed by atoms with Crippen LogP contribution in [0.4, 0.5) is 0 Å². The summed E-state index contributed by atoms with van der Waals surface area (Å²) in [6.45, 7) is 10.4. The zero-order valence-electron chi connectivity index (χ0n) is 12.2. The Labute approximate surface area is 111 Å². The van der Waals surface area contributed by atoms with E-state index in [1.54, 1.807) is 6.92 Å². The SMILES string of the molecule is CC.CC.CC(=O)CCn1ccc2ccccc21. The Morgan fingerprint density at radius 2 is 1.67 bits per heavy atom. The molecule has 2 heteroatoms. The Morgan fingerprint density at radius 3 is 2.28 bits per heavy atom. The fraction of sp³-hybridized carbons (Fsp3) is 0.438. The summed E-state index contributed by atoms with van der Waals surface area (Å²) in [4.78, 5) is 10.9. The van der Waals surface area contributed by atoms with Gasteiger partial charge in [-0.1, -0.05) is 45.9 Å². The number of benzene rings is 1. The molecule has 1 heterocycles. The van der Waals surface area contributed by atoms with Gasteiger partial charge in [0, 0.05) is 24.7 Å². The molecule has 100 valence electrons. The van der Waals surface area contributed by atoms with Crippen LogP contribution < -0.4 is 0 Å². The number of para-hydroxylation sites is 1. The van der Waals surface area contributed by atoms with Crippen LogP contribution in [0, 0.1) is 0 Å². The summed E-state index contributed by atoms with van der Waals surface area (Å²) in [7, 11) is 0. The van der Waals surface area contributed by atoms with Crippen molar-refractivity contribution in [3.8, 4) is 0 Å². The van der Waals surface area contributed by atoms with Gasteiger partial charge < -0.3 is 4.57 Å². The van der Waals surface area contributed by atoms with Gasteiger partial charge in [-0.15, -0.1) is 0 Å². The standard InChI is InChI=1S/C12H13NO.2C2H6/c1-10(14)6-8-13-9-7-11-4-2-3-5-12(11)13;2*1-2/h2-5,7,9H,6,8H2,1H3;2*1-2H3. The number of Topliss-reactive ketones (excluding diaryl/α,β-unsaturated/α-hetero) is 1. The molecule has 0 unspecified atom stereocenters. The second kappa shape index (κ2) is 9.46. The zero-order valence-corrected chi connectivity index (χ0v) is 12.2. The Balaban J connectivity index is 0.000000659. The second-order valence-electron chi connectivity index (χ2n) is 3.52. The number of ketones is 1. The maximum atomic E-state index is 10.9. The molecule has 0 amide bonds. The Hall–Kier alpha value is -1.57. The Morgan fingerprint density at radius 1 is 1.06 bits per heavy atom. The molecule has 0 saturated heterocycles. The van der Waals surface area contributed by atoms with E-state index >= 15 is 0 Å². The van der Waals surface area contributed by atoms with Gasteiger partial charge in [0.15, 0.2) is 0 Å². The maximum absolute atomic E-state index is 10.9. The number of hydrogen-bond donors (Lipinski definition) is 0. The minimum Gasteiger partial charge on any atom is -0.347 e. The van der Waals surface area contributed by atoms with Gasteiger partial charge >= 0.3 is 0 Å². The van der Waals surface area contributed by atoms with Crippen LogP contribution in [0.1, 0.15) is 41.0 Å². The topological polar surface area (TPSA) is 22.0 Å². The lowest BCUT2D eigenvalue weighted by molar-refractivity contribution is -0.117. The van der Waals surface area contributed by atoms with Crippen LogP contribution in [0.5, 0.6) is 0 Å². The van der Waals surface area contributed by atoms with Crippen LogP contribution >= 0.6 is 0 Å². The van der Waals surface area contributed by atoms with E-state index in [0.717, 1.165) is 6.54 Å². The third kappa shape index (κ3) is 4.74. The van der Waals surface area contributed by atoms with Gasteiger partial charge in [-0.2, -0.15) is 0 Å². The fourth-order valence-electron chi connectivity index (χ4n) is 1.61. The first-order valence-corrected chi connectivity index (χ1v) is 6.81. The number of hydrogen-bond acceptors (Lipinski definition) is 1. The van der Waals surface area contributed by atoms with E-state index in [4.69, 9.17) is 0 Å². The highest BCUT2D eigenvalue weighted by Gasteiger charge is 2.00. The molecule has 0 radical (unpaired) electrons. The van der Waals surface area contributed by atoms with Crippen LogP contribution in [0.2, 0.25) is 0 Å². The maximum Gasteiger partial charge on any atom is 0.131 e. The molecule has 2 rings (SSSR count). The van der Waals surface area contributed by atoms with Gasteiger partial charge in [-0.25, -0.2) is 0 Å². The molecule has 0 aliphatic carbocycles. The lowest BCUT2D eigenvalue weighted by Gasteiger charge is -2.02. The highest BCUT2D eigenvalue weighted by Crippen LogP contribution is 2.15. The summed E-state index contributed by atoms with van der Waals surface area (Å²) in [5, 5.41) is 1.23. The molecule has 0 bridgehead atoms. The van der Waals surface area contributed by atoms with Crippen LogP contribution in [-0.2, 0) is 11.3 Å². The molecule has 0 fully saturated rings. The average molecular weight is 247 g/mol. The van der Waals surface area contributed by atoms with Crippen molar-refractivity contribution >= 4 is 16.7 Å². The quantitative estimate of drug-likeness (QED) is 0.772. The minimum atomic E-state index is 0.239. The van der Waals surface area contributed by atoms with Gasteiger partial charge in [0.2, 0.25) is 0 Å². The molecule has 1 aromatic carbocycles. The molecular weight excluding hydrogens is 222 g/mol. The van der Waals surface area contributed by atoms with Crippen molar-refractivity contribution in [3.05, 3.63) is 36.5 Å². The summed E-state index contributed by atoms with van der Waals surface area (Å²) in [6.07, 6.45) is 2.65. The molecule has 0 aliphatic rings. The van der Waals surface area contributed by atoms with Crippen molar-refractivity contribution in [1.29, 1.82) is 0 Å². The van der Waals surface area contributed by atoms with E-state index in [1.807, 2.05) is 46.0 Å². The minimum absolute atomic E-state index is 0.239. The number of rotatable bonds is 3. The van der Waals surface area contributed by atoms with Gasteiger partial charge in [0.05, 0.1) is 0 Å². The van der Waals surface area contributed by atoms with Gasteiger partial charge in [-0.05, 0) is 24.4 Å². The van der Waals surface area contributed by atoms with Gasteiger partial charge in [0.25, 0.3) is 0 Å². The first-order chi connectivity index (χ1) is 8.77. The summed E-state index contributed by atoms with van der Waals surface area (Å²) < 4.78 is 2.12. The number of aromatic nitrogens is 1. The predicted octanol–water partition coefficient (Wildman–Crippen LogP) is 4.67. The summed E-state index contributed by atoms with van der Waals surface area (Å²) in [5.74, 6) is 0.239. The van der Waals surface area contributed by atoms with Crippen LogP contribution in [0.3, 0.4) is 0 Å². The van der Waals surface area contributed by atoms with E-state index in [-0.39, 0.29) is 5.78 Å². The van der Waals surface area contributed by atoms with E-state index in [2.05, 4.69) is 22.8 Å². The van der Waals surface area contributed by atoms with Gasteiger partial charge in [0.1, 0.15) is 5.78 Å². The molecule has 1 aromatic heterocycles. The summed E-state index contributed by atoms with van der Waals surface area (Å²) >= 11 is 0. The smallest absolute Gasteiger partial charge is 0.131 e. The van der Waals surface area contributed by atoms with E-state index in [0.29, 0.717) is 6.42 Å². The van der Waals surface area contributed by atoms with Crippen LogP contribution in [0.25, 0.3) is 10.9 Å². The Bertz CT molecular complexity index is 457. The summed E-state index contributed by atoms with van der Waals surface area (Å²) in [5.41, 5.74) is 1.20. The third-order valence-corrected chi connectivity index (χ3v) is 2.38. The van der Waals surface area contributed by atoms with Crippen LogP contribution in [-0.4, -0.2) is 10.4 Å². The molecule has 0 saturated carbocycles. The number of carbonyl (C=O) groups is 1. The zero-order chi connectivity index (χ0) is 14.0. The molecule has 0 aliphatic heterocycles. The van der Waals surface area contributed by atoms with Crippen molar-refractivity contribution in [2.24, 2.45) is 0 Å². The van der Waals surface area contributed by atoms with E-state index in [9.17, 15) is 4.79 Å². The fourth-order valence-corrected chi connectivity index (χ4v) is 1.61. The normalized spacial score (nSPS) is 8.94. The lowest BCUT2D eigenvalue weighted by atomic mass is 10.2. The average Bonchev–Trinajstić information content (AvgIpc) is 2.84. The monoisotopic (exact) mass is 247 g/mol. The number of nitrogens with zero attached hydrogens (tertiary/aromatic N) is 1. The van der Waals surface area contributed by atoms with Crippen molar-refractivity contribution in [1.82, 2.24) is 4.57 Å².